The van der Waals surface area contributed by atoms with Crippen molar-refractivity contribution in [3.8, 4) is 0 Å². The molecule has 0 bridgehead atoms. The molecule has 0 heterocycles. The smallest absolute Gasteiger partial charge is 0.130 e. The molecule has 0 N–H and O–H groups in total. The largest absolute Gasteiger partial charge is 0.326 e. The topological polar surface area (TPSA) is 0 Å². The molecule has 0 nitrogen and oxygen atoms in total. The van der Waals surface area contributed by atoms with Gasteiger partial charge in [-0.1, -0.05) is 0 Å². The van der Waals surface area contributed by atoms with Crippen LogP contribution < -0.4 is 0 Å². The fraction of sp³-hybridized carbons (Fsp3) is 0. The summed E-state index contributed by atoms with van der Waals surface area (Å²) >= 11 is 14.8. The third-order valence-electron chi connectivity index (χ3n) is 0. The second-order valence-electron chi connectivity index (χ2n) is 0.247. The summed E-state index contributed by atoms with van der Waals surface area (Å²) in [6.45, 7) is -1.72. The maximum absolute atomic E-state index is 4.94. The van der Waals surface area contributed by atoms with Crippen molar-refractivity contribution < 1.29 is 0 Å². The van der Waals surface area contributed by atoms with Crippen LogP contribution >= 0.6 is 33.2 Å². The molecular formula is CHCl3Si. The van der Waals surface area contributed by atoms with Gasteiger partial charge in [-0.15, -0.1) is 33.2 Å². The second kappa shape index (κ2) is 5.09. The molecule has 0 fully saturated rings. The SMILES string of the molecule is Cl[SiH](Cl)Cl.[C]. The Morgan fingerprint density at radius 3 is 1.00 bits per heavy atom. The zero-order chi connectivity index (χ0) is 3.58. The molecule has 0 unspecified atom stereocenters. The van der Waals surface area contributed by atoms with Gasteiger partial charge in [0.05, 0.1) is 0 Å². The van der Waals surface area contributed by atoms with Gasteiger partial charge in [0.15, 0.2) is 0 Å². The summed E-state index contributed by atoms with van der Waals surface area (Å²) < 4.78 is 0. The first kappa shape index (κ1) is 9.43. The lowest BCUT2D eigenvalue weighted by molar-refractivity contribution is 3.24. The van der Waals surface area contributed by atoms with E-state index >= 15 is 0 Å². The summed E-state index contributed by atoms with van der Waals surface area (Å²) in [5.74, 6) is 0. The number of rotatable bonds is 0. The molecule has 0 aliphatic carbocycles. The van der Waals surface area contributed by atoms with Crippen molar-refractivity contribution in [2.45, 2.75) is 0 Å². The molecule has 0 aromatic heterocycles. The Kier molecular flexibility index (Phi) is 9.59. The van der Waals surface area contributed by atoms with Crippen LogP contribution in [-0.2, 0) is 0 Å². The Morgan fingerprint density at radius 1 is 1.00 bits per heavy atom. The van der Waals surface area contributed by atoms with Crippen LogP contribution in [0, 0.1) is 7.43 Å². The zero-order valence-corrected chi connectivity index (χ0v) is 5.63. The van der Waals surface area contributed by atoms with Crippen LogP contribution in [0.2, 0.25) is 0 Å². The fourth-order valence-corrected chi connectivity index (χ4v) is 0. The van der Waals surface area contributed by atoms with Gasteiger partial charge in [0, 0.05) is 7.43 Å². The molecule has 30 valence electrons. The summed E-state index contributed by atoms with van der Waals surface area (Å²) in [6, 6.07) is 0. The molecule has 0 aromatic rings. The maximum atomic E-state index is 4.94. The van der Waals surface area contributed by atoms with Crippen LogP contribution in [-0.4, -0.2) is 6.73 Å². The molecule has 0 saturated carbocycles. The quantitative estimate of drug-likeness (QED) is 0.360. The third kappa shape index (κ3) is 41.0. The minimum atomic E-state index is -1.72. The molecule has 0 aliphatic heterocycles. The Morgan fingerprint density at radius 2 is 1.00 bits per heavy atom. The lowest BCUT2D eigenvalue weighted by atomic mass is 12.0. The molecule has 0 rings (SSSR count). The highest BCUT2D eigenvalue weighted by Gasteiger charge is 1.85. The van der Waals surface area contributed by atoms with Crippen LogP contribution in [0.4, 0.5) is 0 Å². The molecule has 4 radical (unpaired) electrons. The van der Waals surface area contributed by atoms with Crippen molar-refractivity contribution >= 4 is 40.0 Å². The maximum Gasteiger partial charge on any atom is 0.326 e. The van der Waals surface area contributed by atoms with Crippen LogP contribution in [0.15, 0.2) is 0 Å². The highest BCUT2D eigenvalue weighted by atomic mass is 35.8. The van der Waals surface area contributed by atoms with Crippen LogP contribution in [0.5, 0.6) is 0 Å². The fourth-order valence-electron chi connectivity index (χ4n) is 0. The number of halogens is 3. The van der Waals surface area contributed by atoms with Gasteiger partial charge in [0.1, 0.15) is 0 Å². The Balaban J connectivity index is 0. The van der Waals surface area contributed by atoms with Gasteiger partial charge in [-0.2, -0.15) is 0 Å². The van der Waals surface area contributed by atoms with E-state index in [2.05, 4.69) is 0 Å². The highest BCUT2D eigenvalue weighted by Crippen LogP contribution is 1.97. The number of hydrogen-bond acceptors (Lipinski definition) is 0. The highest BCUT2D eigenvalue weighted by molar-refractivity contribution is 7.54. The second-order valence-corrected chi connectivity index (χ2v) is 6.68. The molecule has 0 spiro atoms. The Hall–Kier alpha value is 1.09. The Labute approximate surface area is 47.7 Å². The summed E-state index contributed by atoms with van der Waals surface area (Å²) in [5.41, 5.74) is 0. The minimum Gasteiger partial charge on any atom is -0.130 e. The van der Waals surface area contributed by atoms with Gasteiger partial charge in [0.25, 0.3) is 0 Å². The van der Waals surface area contributed by atoms with Crippen molar-refractivity contribution in [2.24, 2.45) is 0 Å². The summed E-state index contributed by atoms with van der Waals surface area (Å²) in [6.07, 6.45) is 0. The molecule has 0 saturated heterocycles. The van der Waals surface area contributed by atoms with Gasteiger partial charge < -0.3 is 0 Å². The summed E-state index contributed by atoms with van der Waals surface area (Å²) in [5, 5.41) is 0. The van der Waals surface area contributed by atoms with E-state index in [1.165, 1.54) is 0 Å². The van der Waals surface area contributed by atoms with Crippen molar-refractivity contribution in [3.05, 3.63) is 7.43 Å². The molecule has 0 amide bonds. The van der Waals surface area contributed by atoms with E-state index in [4.69, 9.17) is 33.2 Å². The first-order chi connectivity index (χ1) is 1.73. The third-order valence-corrected chi connectivity index (χ3v) is 0. The average molecular weight is 147 g/mol. The van der Waals surface area contributed by atoms with Gasteiger partial charge in [-0.05, 0) is 0 Å². The molecule has 0 aromatic carbocycles. The van der Waals surface area contributed by atoms with Gasteiger partial charge >= 0.3 is 6.73 Å². The molecule has 0 atom stereocenters. The van der Waals surface area contributed by atoms with Gasteiger partial charge in [0.2, 0.25) is 0 Å². The molecule has 4 heteroatoms. The lowest BCUT2D eigenvalue weighted by Crippen LogP contribution is -1.66. The van der Waals surface area contributed by atoms with Crippen molar-refractivity contribution in [2.75, 3.05) is 0 Å². The standard InChI is InChI=1S/C.Cl3HSi/c;1-4(2)3/h;4H. The van der Waals surface area contributed by atoms with Crippen molar-refractivity contribution in [1.82, 2.24) is 0 Å². The lowest BCUT2D eigenvalue weighted by Gasteiger charge is -1.65. The van der Waals surface area contributed by atoms with Gasteiger partial charge in [-0.25, -0.2) is 0 Å². The van der Waals surface area contributed by atoms with E-state index in [-0.39, 0.29) is 7.43 Å². The Bertz CT molecular complexity index is 11.6. The van der Waals surface area contributed by atoms with E-state index in [9.17, 15) is 0 Å². The first-order valence-electron chi connectivity index (χ1n) is 0.655. The predicted octanol–water partition coefficient (Wildman–Crippen LogP) is 1.50. The summed E-state index contributed by atoms with van der Waals surface area (Å²) in [4.78, 5) is 0. The molecule has 5 heavy (non-hydrogen) atoms. The van der Waals surface area contributed by atoms with Crippen molar-refractivity contribution in [1.29, 1.82) is 0 Å². The molecule has 0 aliphatic rings. The van der Waals surface area contributed by atoms with E-state index < -0.39 is 6.73 Å². The predicted molar refractivity (Wildman–Crippen MR) is 28.0 cm³/mol. The van der Waals surface area contributed by atoms with Gasteiger partial charge in [-0.3, -0.25) is 0 Å². The number of hydrogen-bond donors (Lipinski definition) is 0. The first-order valence-corrected chi connectivity index (χ1v) is 5.89. The van der Waals surface area contributed by atoms with Crippen LogP contribution in [0.1, 0.15) is 0 Å². The van der Waals surface area contributed by atoms with Crippen molar-refractivity contribution in [3.63, 3.8) is 0 Å². The summed E-state index contributed by atoms with van der Waals surface area (Å²) in [7, 11) is 0. The minimum absolute atomic E-state index is 0. The monoisotopic (exact) mass is 146 g/mol. The van der Waals surface area contributed by atoms with Crippen LogP contribution in [0.3, 0.4) is 0 Å². The van der Waals surface area contributed by atoms with E-state index in [0.29, 0.717) is 0 Å². The zero-order valence-electron chi connectivity index (χ0n) is 2.21. The normalized spacial score (nSPS) is 7.20. The average Bonchev–Trinajstić information content (AvgIpc) is 0.811. The molecular weight excluding hydrogens is 146 g/mol. The van der Waals surface area contributed by atoms with Crippen LogP contribution in [0.25, 0.3) is 0 Å². The van der Waals surface area contributed by atoms with E-state index in [1.54, 1.807) is 0 Å². The van der Waals surface area contributed by atoms with E-state index in [0.717, 1.165) is 0 Å². The van der Waals surface area contributed by atoms with E-state index in [1.807, 2.05) is 0 Å².